The van der Waals surface area contributed by atoms with Gasteiger partial charge in [0, 0.05) is 18.8 Å². The number of aryl methyl sites for hydroxylation is 1. The minimum atomic E-state index is 1.17. The van der Waals surface area contributed by atoms with Gasteiger partial charge in [-0.2, -0.15) is 0 Å². The topological polar surface area (TPSA) is 3.24 Å². The summed E-state index contributed by atoms with van der Waals surface area (Å²) in [5.74, 6) is 0. The lowest BCUT2D eigenvalue weighted by atomic mass is 10.0. The summed E-state index contributed by atoms with van der Waals surface area (Å²) in [7, 11) is 0. The summed E-state index contributed by atoms with van der Waals surface area (Å²) in [6.45, 7) is 4.53. The van der Waals surface area contributed by atoms with Crippen molar-refractivity contribution in [2.24, 2.45) is 0 Å². The molecule has 102 valence electrons. The molecule has 0 bridgehead atoms. The first-order chi connectivity index (χ1) is 9.84. The highest BCUT2D eigenvalue weighted by Gasteiger charge is 2.16. The smallest absolute Gasteiger partial charge is 0.0445 e. The fourth-order valence-electron chi connectivity index (χ4n) is 2.82. The van der Waals surface area contributed by atoms with Crippen LogP contribution < -0.4 is 0 Å². The summed E-state index contributed by atoms with van der Waals surface area (Å²) in [5.41, 5.74) is 5.33. The second-order valence-electron chi connectivity index (χ2n) is 5.45. The molecular formula is C19H21N. The van der Waals surface area contributed by atoms with E-state index < -0.39 is 0 Å². The summed E-state index contributed by atoms with van der Waals surface area (Å²) in [5, 5.41) is 0. The maximum Gasteiger partial charge on any atom is 0.0445 e. The van der Waals surface area contributed by atoms with Crippen LogP contribution in [0.5, 0.6) is 0 Å². The first kappa shape index (κ1) is 13.0. The molecule has 1 aliphatic heterocycles. The number of rotatable bonds is 3. The van der Waals surface area contributed by atoms with E-state index in [2.05, 4.69) is 72.5 Å². The first-order valence-electron chi connectivity index (χ1n) is 7.42. The van der Waals surface area contributed by atoms with Crippen LogP contribution in [0.2, 0.25) is 0 Å². The molecule has 20 heavy (non-hydrogen) atoms. The van der Waals surface area contributed by atoms with Gasteiger partial charge in [0.2, 0.25) is 0 Å². The predicted molar refractivity (Wildman–Crippen MR) is 86.3 cm³/mol. The van der Waals surface area contributed by atoms with E-state index in [4.69, 9.17) is 0 Å². The summed E-state index contributed by atoms with van der Waals surface area (Å²) in [6, 6.07) is 19.3. The van der Waals surface area contributed by atoms with Gasteiger partial charge in [0.25, 0.3) is 0 Å². The molecule has 1 heteroatoms. The fourth-order valence-corrected chi connectivity index (χ4v) is 2.82. The summed E-state index contributed by atoms with van der Waals surface area (Å²) < 4.78 is 0. The van der Waals surface area contributed by atoms with Crippen molar-refractivity contribution in [3.05, 3.63) is 71.3 Å². The number of nitrogens with zero attached hydrogens (tertiary/aromatic N) is 1. The van der Waals surface area contributed by atoms with Crippen molar-refractivity contribution in [3.8, 4) is 0 Å². The number of hydrogen-bond acceptors (Lipinski definition) is 1. The van der Waals surface area contributed by atoms with Crippen molar-refractivity contribution in [2.45, 2.75) is 19.8 Å². The van der Waals surface area contributed by atoms with E-state index in [9.17, 15) is 0 Å². The van der Waals surface area contributed by atoms with Gasteiger partial charge < -0.3 is 4.90 Å². The van der Waals surface area contributed by atoms with E-state index in [1.807, 2.05) is 0 Å². The van der Waals surface area contributed by atoms with E-state index in [1.165, 1.54) is 48.3 Å². The fraction of sp³-hybridized carbons (Fsp3) is 0.263. The molecule has 0 unspecified atom stereocenters. The Morgan fingerprint density at radius 2 is 1.55 bits per heavy atom. The van der Waals surface area contributed by atoms with Crippen LogP contribution in [0, 0.1) is 6.92 Å². The Balaban J connectivity index is 2.03. The van der Waals surface area contributed by atoms with Crippen molar-refractivity contribution in [1.29, 1.82) is 0 Å². The molecule has 1 aliphatic rings. The van der Waals surface area contributed by atoms with Gasteiger partial charge in [-0.15, -0.1) is 0 Å². The van der Waals surface area contributed by atoms with Crippen LogP contribution >= 0.6 is 0 Å². The molecule has 0 radical (unpaired) electrons. The molecule has 1 heterocycles. The minimum Gasteiger partial charge on any atom is -0.371 e. The maximum atomic E-state index is 2.52. The SMILES string of the molecule is Cc1ccccc1C=C(c1ccccc1)N1CCCC1. The number of likely N-dealkylation sites (tertiary alicyclic amines) is 1. The Bertz CT molecular complexity index is 592. The molecule has 0 spiro atoms. The predicted octanol–water partition coefficient (Wildman–Crippen LogP) is 4.59. The second-order valence-corrected chi connectivity index (χ2v) is 5.45. The van der Waals surface area contributed by atoms with Crippen molar-refractivity contribution in [1.82, 2.24) is 4.90 Å². The molecule has 0 aliphatic carbocycles. The summed E-state index contributed by atoms with van der Waals surface area (Å²) in [6.07, 6.45) is 4.95. The highest BCUT2D eigenvalue weighted by Crippen LogP contribution is 2.27. The lowest BCUT2D eigenvalue weighted by Crippen LogP contribution is -2.17. The van der Waals surface area contributed by atoms with E-state index >= 15 is 0 Å². The number of benzene rings is 2. The molecule has 0 atom stereocenters. The third-order valence-electron chi connectivity index (χ3n) is 4.00. The zero-order valence-corrected chi connectivity index (χ0v) is 12.0. The van der Waals surface area contributed by atoms with Crippen LogP contribution in [0.15, 0.2) is 54.6 Å². The van der Waals surface area contributed by atoms with E-state index in [0.29, 0.717) is 0 Å². The lowest BCUT2D eigenvalue weighted by molar-refractivity contribution is 0.495. The average Bonchev–Trinajstić information content (AvgIpc) is 3.01. The Morgan fingerprint density at radius 3 is 2.25 bits per heavy atom. The molecule has 3 rings (SSSR count). The molecule has 0 amide bonds. The van der Waals surface area contributed by atoms with Gasteiger partial charge >= 0.3 is 0 Å². The second kappa shape index (κ2) is 5.96. The number of hydrogen-bond donors (Lipinski definition) is 0. The van der Waals surface area contributed by atoms with Gasteiger partial charge in [-0.1, -0.05) is 54.6 Å². The van der Waals surface area contributed by atoms with E-state index in [1.54, 1.807) is 0 Å². The quantitative estimate of drug-likeness (QED) is 0.732. The monoisotopic (exact) mass is 263 g/mol. The van der Waals surface area contributed by atoms with Crippen molar-refractivity contribution in [2.75, 3.05) is 13.1 Å². The Kier molecular flexibility index (Phi) is 3.87. The maximum absolute atomic E-state index is 2.52. The molecule has 1 nitrogen and oxygen atoms in total. The lowest BCUT2D eigenvalue weighted by Gasteiger charge is -2.22. The molecule has 0 saturated carbocycles. The van der Waals surface area contributed by atoms with Crippen LogP contribution in [0.1, 0.15) is 29.5 Å². The minimum absolute atomic E-state index is 1.17. The average molecular weight is 263 g/mol. The molecule has 2 aromatic carbocycles. The van der Waals surface area contributed by atoms with E-state index in [-0.39, 0.29) is 0 Å². The van der Waals surface area contributed by atoms with Gasteiger partial charge in [0.1, 0.15) is 0 Å². The van der Waals surface area contributed by atoms with E-state index in [0.717, 1.165) is 0 Å². The highest BCUT2D eigenvalue weighted by molar-refractivity contribution is 5.81. The Hall–Kier alpha value is -2.02. The first-order valence-corrected chi connectivity index (χ1v) is 7.42. The zero-order chi connectivity index (χ0) is 13.8. The van der Waals surface area contributed by atoms with Crippen molar-refractivity contribution in [3.63, 3.8) is 0 Å². The van der Waals surface area contributed by atoms with Crippen LogP contribution in [0.4, 0.5) is 0 Å². The van der Waals surface area contributed by atoms with Gasteiger partial charge in [0.05, 0.1) is 0 Å². The Labute approximate surface area is 121 Å². The molecule has 0 aromatic heterocycles. The highest BCUT2D eigenvalue weighted by atomic mass is 15.1. The van der Waals surface area contributed by atoms with Gasteiger partial charge in [-0.3, -0.25) is 0 Å². The van der Waals surface area contributed by atoms with Crippen LogP contribution in [0.3, 0.4) is 0 Å². The molecule has 1 fully saturated rings. The normalized spacial score (nSPS) is 15.7. The third-order valence-corrected chi connectivity index (χ3v) is 4.00. The van der Waals surface area contributed by atoms with Crippen LogP contribution in [-0.2, 0) is 0 Å². The summed E-state index contributed by atoms with van der Waals surface area (Å²) in [4.78, 5) is 2.52. The molecule has 2 aromatic rings. The standard InChI is InChI=1S/C19H21N/c1-16-9-5-6-12-18(16)15-19(20-13-7-8-14-20)17-10-3-2-4-11-17/h2-6,9-12,15H,7-8,13-14H2,1H3. The van der Waals surface area contributed by atoms with Crippen LogP contribution in [-0.4, -0.2) is 18.0 Å². The van der Waals surface area contributed by atoms with Crippen LogP contribution in [0.25, 0.3) is 11.8 Å². The van der Waals surface area contributed by atoms with Gasteiger partial charge in [-0.25, -0.2) is 0 Å². The third kappa shape index (κ3) is 2.77. The van der Waals surface area contributed by atoms with Crippen molar-refractivity contribution < 1.29 is 0 Å². The largest absolute Gasteiger partial charge is 0.371 e. The van der Waals surface area contributed by atoms with Crippen molar-refractivity contribution >= 4 is 11.8 Å². The summed E-state index contributed by atoms with van der Waals surface area (Å²) >= 11 is 0. The molecule has 1 saturated heterocycles. The van der Waals surface area contributed by atoms with Gasteiger partial charge in [-0.05, 0) is 42.5 Å². The molecular weight excluding hydrogens is 242 g/mol. The Morgan fingerprint density at radius 1 is 0.900 bits per heavy atom. The molecule has 0 N–H and O–H groups in total. The van der Waals surface area contributed by atoms with Gasteiger partial charge in [0.15, 0.2) is 0 Å². The zero-order valence-electron chi connectivity index (χ0n) is 12.0.